The molecule has 1 aliphatic carbocycles. The van der Waals surface area contributed by atoms with Gasteiger partial charge in [0.25, 0.3) is 0 Å². The number of carbonyl (C=O) groups excluding carboxylic acids is 1. The number of amides is 1. The van der Waals surface area contributed by atoms with E-state index in [4.69, 9.17) is 4.65 Å². The molecule has 0 saturated heterocycles. The van der Waals surface area contributed by atoms with Crippen molar-refractivity contribution < 1.29 is 24.4 Å². The van der Waals surface area contributed by atoms with E-state index in [1.165, 1.54) is 6.07 Å². The monoisotopic (exact) mass is 506 g/mol. The molecule has 1 aromatic carbocycles. The standard InChI is InChI=1S/C25H31BN6O5/c33-23(31-20-13-17-2-1-3-19(25(34)35)24(17)37-26(20)36)12-16-4-6-18(7-5-16)32(14-21-27-8-9-28-21)15-22-29-10-11-30-22/h1-3,8-11,16,18,20,36H,4-7,12-15H2,(H,27,28)(H,29,30)(H,31,33)(H,34,35)/t16?,18?,20-/m0/s1. The van der Waals surface area contributed by atoms with Crippen LogP contribution in [0.3, 0.4) is 0 Å². The Balaban J connectivity index is 1.14. The number of H-pyrrole nitrogens is 2. The van der Waals surface area contributed by atoms with E-state index in [-0.39, 0.29) is 23.1 Å². The number of benzene rings is 1. The number of nitrogens with zero attached hydrogens (tertiary/aromatic N) is 3. The third-order valence-corrected chi connectivity index (χ3v) is 7.32. The Labute approximate surface area is 214 Å². The van der Waals surface area contributed by atoms with Crippen LogP contribution in [-0.4, -0.2) is 65.9 Å². The number of rotatable bonds is 9. The summed E-state index contributed by atoms with van der Waals surface area (Å²) < 4.78 is 5.49. The molecular weight excluding hydrogens is 475 g/mol. The van der Waals surface area contributed by atoms with Crippen LogP contribution in [-0.2, 0) is 24.3 Å². The second kappa shape index (κ2) is 11.2. The van der Waals surface area contributed by atoms with Gasteiger partial charge in [-0.2, -0.15) is 0 Å². The summed E-state index contributed by atoms with van der Waals surface area (Å²) in [5.41, 5.74) is 0.662. The number of fused-ring (bicyclic) bond motifs is 1. The predicted octanol–water partition coefficient (Wildman–Crippen LogP) is 1.92. The number of carboxylic acids is 1. The van der Waals surface area contributed by atoms with Crippen molar-refractivity contribution in [2.45, 2.75) is 63.6 Å². The fraction of sp³-hybridized carbons (Fsp3) is 0.440. The van der Waals surface area contributed by atoms with Gasteiger partial charge in [-0.1, -0.05) is 12.1 Å². The van der Waals surface area contributed by atoms with E-state index in [0.717, 1.165) is 37.3 Å². The van der Waals surface area contributed by atoms with Crippen molar-refractivity contribution in [1.82, 2.24) is 30.2 Å². The van der Waals surface area contributed by atoms with Gasteiger partial charge in [-0.3, -0.25) is 9.69 Å². The highest BCUT2D eigenvalue weighted by molar-refractivity contribution is 6.47. The summed E-state index contributed by atoms with van der Waals surface area (Å²) in [7, 11) is -1.30. The molecule has 12 heteroatoms. The first-order chi connectivity index (χ1) is 18.0. The molecule has 0 spiro atoms. The number of imidazole rings is 2. The van der Waals surface area contributed by atoms with E-state index in [0.29, 0.717) is 37.5 Å². The lowest BCUT2D eigenvalue weighted by Gasteiger charge is -2.36. The van der Waals surface area contributed by atoms with Crippen molar-refractivity contribution >= 4 is 19.0 Å². The first-order valence-corrected chi connectivity index (χ1v) is 12.7. The van der Waals surface area contributed by atoms with Crippen molar-refractivity contribution in [2.75, 3.05) is 0 Å². The first-order valence-electron chi connectivity index (χ1n) is 12.7. The number of nitrogens with one attached hydrogen (secondary N) is 3. The highest BCUT2D eigenvalue weighted by atomic mass is 16.5. The summed E-state index contributed by atoms with van der Waals surface area (Å²) in [5, 5.41) is 22.7. The van der Waals surface area contributed by atoms with Crippen LogP contribution in [0.1, 0.15) is 59.7 Å². The third kappa shape index (κ3) is 6.03. The maximum absolute atomic E-state index is 12.8. The summed E-state index contributed by atoms with van der Waals surface area (Å²) in [6, 6.07) is 5.20. The zero-order valence-electron chi connectivity index (χ0n) is 20.5. The Morgan fingerprint density at radius 1 is 1.08 bits per heavy atom. The molecule has 1 amide bonds. The van der Waals surface area contributed by atoms with Gasteiger partial charge in [0.15, 0.2) is 0 Å². The summed E-state index contributed by atoms with van der Waals surface area (Å²) in [5.74, 6) is 0.387. The average molecular weight is 506 g/mol. The summed E-state index contributed by atoms with van der Waals surface area (Å²) in [6.07, 6.45) is 11.7. The number of aromatic amines is 2. The van der Waals surface area contributed by atoms with Crippen LogP contribution in [0.2, 0.25) is 0 Å². The molecule has 1 saturated carbocycles. The second-order valence-corrected chi connectivity index (χ2v) is 9.84. The smallest absolute Gasteiger partial charge is 0.534 e. The minimum absolute atomic E-state index is 0.00576. The zero-order valence-corrected chi connectivity index (χ0v) is 20.5. The Bertz CT molecular complexity index is 1160. The molecule has 2 aliphatic rings. The molecule has 0 bridgehead atoms. The topological polar surface area (TPSA) is 156 Å². The van der Waals surface area contributed by atoms with Gasteiger partial charge in [-0.05, 0) is 49.7 Å². The molecule has 194 valence electrons. The third-order valence-electron chi connectivity index (χ3n) is 7.32. The lowest BCUT2D eigenvalue weighted by molar-refractivity contribution is -0.122. The van der Waals surface area contributed by atoms with Crippen LogP contribution in [0.5, 0.6) is 5.75 Å². The van der Waals surface area contributed by atoms with Crippen LogP contribution >= 0.6 is 0 Å². The Hall–Kier alpha value is -3.64. The molecule has 5 N–H and O–H groups in total. The van der Waals surface area contributed by atoms with Crippen molar-refractivity contribution in [3.05, 3.63) is 65.8 Å². The summed E-state index contributed by atoms with van der Waals surface area (Å²) in [6.45, 7) is 1.41. The molecule has 2 aromatic heterocycles. The minimum Gasteiger partial charge on any atom is -0.534 e. The van der Waals surface area contributed by atoms with Gasteiger partial charge in [-0.15, -0.1) is 0 Å². The SMILES string of the molecule is O=C(CC1CCC(N(Cc2ncc[nH]2)Cc2ncc[nH]2)CC1)N[C@H]1Cc2cccc(C(=O)O)c2OB1O. The van der Waals surface area contributed by atoms with E-state index >= 15 is 0 Å². The molecule has 1 aliphatic heterocycles. The number of carbonyl (C=O) groups is 2. The minimum atomic E-state index is -1.30. The maximum atomic E-state index is 12.8. The van der Waals surface area contributed by atoms with Gasteiger partial charge in [0, 0.05) is 37.3 Å². The first kappa shape index (κ1) is 25.0. The molecule has 5 rings (SSSR count). The average Bonchev–Trinajstić information content (AvgIpc) is 3.59. The van der Waals surface area contributed by atoms with Crippen LogP contribution < -0.4 is 9.97 Å². The Morgan fingerprint density at radius 3 is 2.35 bits per heavy atom. The summed E-state index contributed by atoms with van der Waals surface area (Å²) in [4.78, 5) is 41.8. The van der Waals surface area contributed by atoms with E-state index in [1.807, 2.05) is 12.4 Å². The predicted molar refractivity (Wildman–Crippen MR) is 134 cm³/mol. The number of aromatic carboxylic acids is 1. The van der Waals surface area contributed by atoms with E-state index in [2.05, 4.69) is 30.2 Å². The molecule has 3 heterocycles. The maximum Gasteiger partial charge on any atom is 0.547 e. The van der Waals surface area contributed by atoms with E-state index < -0.39 is 19.0 Å². The van der Waals surface area contributed by atoms with Crippen LogP contribution in [0, 0.1) is 5.92 Å². The zero-order chi connectivity index (χ0) is 25.8. The molecule has 3 aromatic rings. The normalized spacial score (nSPS) is 21.4. The highest BCUT2D eigenvalue weighted by Crippen LogP contribution is 2.32. The van der Waals surface area contributed by atoms with Crippen molar-refractivity contribution in [1.29, 1.82) is 0 Å². The van der Waals surface area contributed by atoms with Gasteiger partial charge in [0.2, 0.25) is 5.91 Å². The molecule has 37 heavy (non-hydrogen) atoms. The largest absolute Gasteiger partial charge is 0.547 e. The Morgan fingerprint density at radius 2 is 1.76 bits per heavy atom. The summed E-state index contributed by atoms with van der Waals surface area (Å²) >= 11 is 0. The van der Waals surface area contributed by atoms with Gasteiger partial charge in [0.05, 0.1) is 24.6 Å². The van der Waals surface area contributed by atoms with Gasteiger partial charge < -0.3 is 30.1 Å². The molecular formula is C25H31BN6O5. The van der Waals surface area contributed by atoms with Crippen molar-refractivity contribution in [3.63, 3.8) is 0 Å². The number of hydrogen-bond acceptors (Lipinski definition) is 7. The van der Waals surface area contributed by atoms with Crippen molar-refractivity contribution in [3.8, 4) is 5.75 Å². The van der Waals surface area contributed by atoms with Crippen LogP contribution in [0.4, 0.5) is 0 Å². The van der Waals surface area contributed by atoms with Gasteiger partial charge >= 0.3 is 13.1 Å². The molecule has 0 radical (unpaired) electrons. The highest BCUT2D eigenvalue weighted by Gasteiger charge is 2.38. The quantitative estimate of drug-likeness (QED) is 0.276. The number of hydrogen-bond donors (Lipinski definition) is 5. The lowest BCUT2D eigenvalue weighted by atomic mass is 9.72. The molecule has 11 nitrogen and oxygen atoms in total. The fourth-order valence-corrected chi connectivity index (χ4v) is 5.43. The van der Waals surface area contributed by atoms with Crippen molar-refractivity contribution in [2.24, 2.45) is 5.92 Å². The van der Waals surface area contributed by atoms with Gasteiger partial charge in [0.1, 0.15) is 17.4 Å². The van der Waals surface area contributed by atoms with Crippen LogP contribution in [0.15, 0.2) is 43.0 Å². The fourth-order valence-electron chi connectivity index (χ4n) is 5.43. The molecule has 1 atom stereocenters. The molecule has 0 unspecified atom stereocenters. The van der Waals surface area contributed by atoms with Crippen LogP contribution in [0.25, 0.3) is 0 Å². The lowest BCUT2D eigenvalue weighted by Crippen LogP contribution is -2.53. The second-order valence-electron chi connectivity index (χ2n) is 9.84. The number of carboxylic acid groups (broad SMARTS) is 1. The van der Waals surface area contributed by atoms with E-state index in [9.17, 15) is 19.7 Å². The Kier molecular flexibility index (Phi) is 7.56. The van der Waals surface area contributed by atoms with E-state index in [1.54, 1.807) is 24.5 Å². The number of para-hydroxylation sites is 1. The molecule has 1 fully saturated rings. The van der Waals surface area contributed by atoms with Gasteiger partial charge in [-0.25, -0.2) is 14.8 Å². The number of aromatic nitrogens is 4.